The number of carbonyl (C=O) groups excluding carboxylic acids is 1. The molecule has 3 N–H and O–H groups in total. The van der Waals surface area contributed by atoms with Crippen molar-refractivity contribution in [2.45, 2.75) is 20.4 Å². The van der Waals surface area contributed by atoms with E-state index in [1.54, 1.807) is 16.8 Å². The number of aromatic nitrogens is 2. The number of aromatic hydroxyl groups is 2. The molecule has 0 atom stereocenters. The molecule has 0 bridgehead atoms. The Morgan fingerprint density at radius 1 is 1.43 bits per heavy atom. The number of carbonyl (C=O) groups is 1. The molecule has 21 heavy (non-hydrogen) atoms. The zero-order chi connectivity index (χ0) is 15.4. The van der Waals surface area contributed by atoms with Crippen LogP contribution in [0.4, 0.5) is 0 Å². The fraction of sp³-hybridized carbons (Fsp3) is 0.214. The summed E-state index contributed by atoms with van der Waals surface area (Å²) in [5.74, 6) is -0.862. The molecule has 2 aromatic rings. The summed E-state index contributed by atoms with van der Waals surface area (Å²) in [6, 6.07) is 6.36. The number of phenols is 2. The fourth-order valence-electron chi connectivity index (χ4n) is 1.83. The lowest BCUT2D eigenvalue weighted by Gasteiger charge is -2.03. The van der Waals surface area contributed by atoms with Gasteiger partial charge in [-0.15, -0.1) is 0 Å². The van der Waals surface area contributed by atoms with Crippen LogP contribution < -0.4 is 5.43 Å². The molecule has 110 valence electrons. The van der Waals surface area contributed by atoms with E-state index in [-0.39, 0.29) is 24.0 Å². The van der Waals surface area contributed by atoms with Crippen LogP contribution in [0.1, 0.15) is 17.0 Å². The van der Waals surface area contributed by atoms with Crippen LogP contribution in [-0.4, -0.2) is 32.1 Å². The highest BCUT2D eigenvalue weighted by atomic mass is 16.3. The molecule has 1 heterocycles. The molecule has 1 amide bonds. The molecule has 1 aromatic carbocycles. The van der Waals surface area contributed by atoms with Crippen LogP contribution in [0.15, 0.2) is 29.4 Å². The fourth-order valence-corrected chi connectivity index (χ4v) is 1.83. The number of nitrogens with one attached hydrogen (secondary N) is 1. The minimum absolute atomic E-state index is 0.0586. The molecule has 2 rings (SSSR count). The average molecular weight is 288 g/mol. The first-order chi connectivity index (χ1) is 9.97. The van der Waals surface area contributed by atoms with Crippen LogP contribution in [0.3, 0.4) is 0 Å². The molecule has 0 radical (unpaired) electrons. The van der Waals surface area contributed by atoms with Crippen molar-refractivity contribution in [1.82, 2.24) is 15.2 Å². The maximum atomic E-state index is 11.7. The first kappa shape index (κ1) is 14.6. The van der Waals surface area contributed by atoms with Crippen LogP contribution in [0.2, 0.25) is 0 Å². The molecule has 0 aliphatic rings. The summed E-state index contributed by atoms with van der Waals surface area (Å²) in [4.78, 5) is 11.7. The third-order valence-electron chi connectivity index (χ3n) is 2.84. The smallest absolute Gasteiger partial charge is 0.261 e. The van der Waals surface area contributed by atoms with Crippen LogP contribution in [0.25, 0.3) is 0 Å². The highest BCUT2D eigenvalue weighted by Gasteiger charge is 2.06. The van der Waals surface area contributed by atoms with Gasteiger partial charge in [0, 0.05) is 11.3 Å². The Kier molecular flexibility index (Phi) is 4.22. The highest BCUT2D eigenvalue weighted by molar-refractivity contribution is 5.86. The van der Waals surface area contributed by atoms with Crippen molar-refractivity contribution < 1.29 is 15.0 Å². The number of benzene rings is 1. The molecule has 1 aromatic heterocycles. The summed E-state index contributed by atoms with van der Waals surface area (Å²) in [5.41, 5.74) is 4.37. The van der Waals surface area contributed by atoms with Crippen molar-refractivity contribution in [3.05, 3.63) is 41.2 Å². The highest BCUT2D eigenvalue weighted by Crippen LogP contribution is 2.26. The Bertz CT molecular complexity index is 692. The van der Waals surface area contributed by atoms with E-state index >= 15 is 0 Å². The molecule has 0 fully saturated rings. The number of nitrogens with zero attached hydrogens (tertiary/aromatic N) is 3. The second-order valence-corrected chi connectivity index (χ2v) is 4.59. The first-order valence-corrected chi connectivity index (χ1v) is 6.31. The lowest BCUT2D eigenvalue weighted by atomic mass is 10.2. The van der Waals surface area contributed by atoms with Crippen molar-refractivity contribution in [1.29, 1.82) is 0 Å². The third kappa shape index (κ3) is 3.59. The van der Waals surface area contributed by atoms with Crippen molar-refractivity contribution in [2.75, 3.05) is 0 Å². The first-order valence-electron chi connectivity index (χ1n) is 6.31. The van der Waals surface area contributed by atoms with E-state index in [0.29, 0.717) is 5.56 Å². The summed E-state index contributed by atoms with van der Waals surface area (Å²) in [6.07, 6.45) is 1.26. The molecule has 7 heteroatoms. The van der Waals surface area contributed by atoms with Gasteiger partial charge < -0.3 is 10.2 Å². The zero-order valence-electron chi connectivity index (χ0n) is 11.7. The van der Waals surface area contributed by atoms with E-state index < -0.39 is 0 Å². The number of hydrogen-bond donors (Lipinski definition) is 3. The molecule has 0 aliphatic heterocycles. The minimum atomic E-state index is -0.336. The van der Waals surface area contributed by atoms with E-state index in [1.165, 1.54) is 12.3 Å². The summed E-state index contributed by atoms with van der Waals surface area (Å²) < 4.78 is 1.58. The normalized spacial score (nSPS) is 11.0. The molecular formula is C14H16N4O3. The summed E-state index contributed by atoms with van der Waals surface area (Å²) >= 11 is 0. The molecule has 0 aliphatic carbocycles. The van der Waals surface area contributed by atoms with E-state index in [9.17, 15) is 15.0 Å². The molecular weight excluding hydrogens is 272 g/mol. The van der Waals surface area contributed by atoms with Crippen molar-refractivity contribution >= 4 is 12.1 Å². The topological polar surface area (TPSA) is 99.7 Å². The zero-order valence-corrected chi connectivity index (χ0v) is 11.7. The molecule has 0 unspecified atom stereocenters. The predicted octanol–water partition coefficient (Wildman–Crippen LogP) is 1.06. The Balaban J connectivity index is 1.96. The second kappa shape index (κ2) is 6.08. The number of phenolic OH excluding ortho intramolecular Hbond substituents is 2. The van der Waals surface area contributed by atoms with Crippen molar-refractivity contribution in [3.63, 3.8) is 0 Å². The van der Waals surface area contributed by atoms with E-state index in [0.717, 1.165) is 11.4 Å². The largest absolute Gasteiger partial charge is 0.504 e. The van der Waals surface area contributed by atoms with Crippen molar-refractivity contribution in [3.8, 4) is 11.5 Å². The number of aryl methyl sites for hydroxylation is 2. The predicted molar refractivity (Wildman–Crippen MR) is 77.2 cm³/mol. The van der Waals surface area contributed by atoms with Gasteiger partial charge in [-0.2, -0.15) is 10.2 Å². The maximum Gasteiger partial charge on any atom is 0.261 e. The van der Waals surface area contributed by atoms with Gasteiger partial charge in [-0.1, -0.05) is 6.07 Å². The van der Waals surface area contributed by atoms with Crippen LogP contribution in [-0.2, 0) is 11.3 Å². The summed E-state index contributed by atoms with van der Waals surface area (Å²) in [6.45, 7) is 3.77. The van der Waals surface area contributed by atoms with E-state index in [4.69, 9.17) is 0 Å². The Morgan fingerprint density at radius 3 is 2.86 bits per heavy atom. The van der Waals surface area contributed by atoms with Crippen molar-refractivity contribution in [2.24, 2.45) is 5.10 Å². The third-order valence-corrected chi connectivity index (χ3v) is 2.84. The van der Waals surface area contributed by atoms with Gasteiger partial charge in [0.15, 0.2) is 11.5 Å². The Hall–Kier alpha value is -2.83. The maximum absolute atomic E-state index is 11.7. The Morgan fingerprint density at radius 2 is 2.19 bits per heavy atom. The average Bonchev–Trinajstić information content (AvgIpc) is 2.73. The monoisotopic (exact) mass is 288 g/mol. The summed E-state index contributed by atoms with van der Waals surface area (Å²) in [7, 11) is 0. The number of amides is 1. The van der Waals surface area contributed by atoms with Gasteiger partial charge in [0.2, 0.25) is 0 Å². The van der Waals surface area contributed by atoms with Gasteiger partial charge in [-0.25, -0.2) is 5.43 Å². The van der Waals surface area contributed by atoms with Gasteiger partial charge >= 0.3 is 0 Å². The number of rotatable bonds is 4. The number of hydrogen-bond acceptors (Lipinski definition) is 5. The SMILES string of the molecule is Cc1cc(C)n(CC(=O)N/N=C/c2cccc(O)c2O)n1. The molecule has 0 saturated carbocycles. The minimum Gasteiger partial charge on any atom is -0.504 e. The lowest BCUT2D eigenvalue weighted by molar-refractivity contribution is -0.121. The van der Waals surface area contributed by atoms with Gasteiger partial charge in [-0.3, -0.25) is 9.48 Å². The van der Waals surface area contributed by atoms with Crippen LogP contribution >= 0.6 is 0 Å². The van der Waals surface area contributed by atoms with Crippen LogP contribution in [0.5, 0.6) is 11.5 Å². The summed E-state index contributed by atoms with van der Waals surface area (Å²) in [5, 5.41) is 26.8. The second-order valence-electron chi connectivity index (χ2n) is 4.59. The number of hydrazone groups is 1. The molecule has 7 nitrogen and oxygen atoms in total. The Labute approximate surface area is 121 Å². The standard InChI is InChI=1S/C14H16N4O3/c1-9-6-10(2)18(17-9)8-13(20)16-15-7-11-4-3-5-12(19)14(11)21/h3-7,19,21H,8H2,1-2H3,(H,16,20)/b15-7+. The number of para-hydroxylation sites is 1. The van der Waals surface area contributed by atoms with Crippen LogP contribution in [0, 0.1) is 13.8 Å². The molecule has 0 spiro atoms. The van der Waals surface area contributed by atoms with Gasteiger partial charge in [0.25, 0.3) is 5.91 Å². The van der Waals surface area contributed by atoms with E-state index in [1.807, 2.05) is 19.9 Å². The lowest BCUT2D eigenvalue weighted by Crippen LogP contribution is -2.24. The quantitative estimate of drug-likeness (QED) is 0.445. The van der Waals surface area contributed by atoms with Gasteiger partial charge in [-0.05, 0) is 32.0 Å². The van der Waals surface area contributed by atoms with E-state index in [2.05, 4.69) is 15.6 Å². The van der Waals surface area contributed by atoms with Gasteiger partial charge in [0.05, 0.1) is 11.9 Å². The van der Waals surface area contributed by atoms with Gasteiger partial charge in [0.1, 0.15) is 6.54 Å². The molecule has 0 saturated heterocycles.